The summed E-state index contributed by atoms with van der Waals surface area (Å²) in [4.78, 5) is 0. The number of rotatable bonds is 9. The molecule has 3 heteroatoms. The van der Waals surface area contributed by atoms with Gasteiger partial charge < -0.3 is 14.8 Å². The van der Waals surface area contributed by atoms with E-state index in [1.165, 1.54) is 0 Å². The fourth-order valence-electron chi connectivity index (χ4n) is 2.70. The zero-order valence-corrected chi connectivity index (χ0v) is 14.5. The Morgan fingerprint density at radius 3 is 2.25 bits per heavy atom. The zero-order chi connectivity index (χ0) is 15.3. The van der Waals surface area contributed by atoms with E-state index in [9.17, 15) is 0 Å². The van der Waals surface area contributed by atoms with Crippen molar-refractivity contribution in [3.63, 3.8) is 0 Å². The molecule has 0 spiro atoms. The molecule has 1 rings (SSSR count). The van der Waals surface area contributed by atoms with Crippen LogP contribution in [0.4, 0.5) is 0 Å². The number of hydrogen-bond acceptors (Lipinski definition) is 3. The zero-order valence-electron chi connectivity index (χ0n) is 14.5. The Bertz CT molecular complexity index is 276. The van der Waals surface area contributed by atoms with Gasteiger partial charge in [0.1, 0.15) is 0 Å². The molecule has 1 N–H and O–H groups in total. The van der Waals surface area contributed by atoms with Gasteiger partial charge in [0.2, 0.25) is 0 Å². The Kier molecular flexibility index (Phi) is 6.96. The van der Waals surface area contributed by atoms with E-state index in [0.717, 1.165) is 26.2 Å². The van der Waals surface area contributed by atoms with E-state index >= 15 is 0 Å². The molecule has 3 atom stereocenters. The van der Waals surface area contributed by atoms with Crippen LogP contribution >= 0.6 is 0 Å². The summed E-state index contributed by atoms with van der Waals surface area (Å²) in [6.07, 6.45) is 1.51. The van der Waals surface area contributed by atoms with Crippen LogP contribution in [0.5, 0.6) is 0 Å². The molecule has 3 unspecified atom stereocenters. The van der Waals surface area contributed by atoms with E-state index in [2.05, 4.69) is 53.8 Å². The van der Waals surface area contributed by atoms with Gasteiger partial charge in [0.25, 0.3) is 0 Å². The van der Waals surface area contributed by atoms with Crippen molar-refractivity contribution in [3.05, 3.63) is 0 Å². The Hall–Kier alpha value is -0.120. The third kappa shape index (κ3) is 4.71. The molecule has 120 valence electrons. The van der Waals surface area contributed by atoms with Gasteiger partial charge in [0.05, 0.1) is 12.7 Å². The van der Waals surface area contributed by atoms with Gasteiger partial charge in [-0.25, -0.2) is 0 Å². The van der Waals surface area contributed by atoms with Crippen LogP contribution in [0.2, 0.25) is 0 Å². The highest BCUT2D eigenvalue weighted by molar-refractivity contribution is 5.04. The van der Waals surface area contributed by atoms with Gasteiger partial charge >= 0.3 is 0 Å². The van der Waals surface area contributed by atoms with Gasteiger partial charge in [-0.3, -0.25) is 0 Å². The van der Waals surface area contributed by atoms with Crippen molar-refractivity contribution in [1.82, 2.24) is 5.32 Å². The summed E-state index contributed by atoms with van der Waals surface area (Å²) >= 11 is 0. The third-order valence-electron chi connectivity index (χ3n) is 4.53. The average molecular weight is 285 g/mol. The molecule has 0 aromatic carbocycles. The second kappa shape index (κ2) is 7.77. The van der Waals surface area contributed by atoms with Crippen LogP contribution in [-0.2, 0) is 9.47 Å². The standard InChI is InChI=1S/C17H35NO2/c1-8-19-11-14(13(4)5)18-15-9-16(17(15,6)7)20-10-12(2)3/h12-16,18H,8-11H2,1-7H3. The van der Waals surface area contributed by atoms with Crippen molar-refractivity contribution in [3.8, 4) is 0 Å². The quantitative estimate of drug-likeness (QED) is 0.703. The predicted octanol–water partition coefficient (Wildman–Crippen LogP) is 3.48. The second-order valence-corrected chi connectivity index (χ2v) is 7.50. The maximum atomic E-state index is 6.04. The number of ether oxygens (including phenoxy) is 2. The highest BCUT2D eigenvalue weighted by Crippen LogP contribution is 2.43. The minimum Gasteiger partial charge on any atom is -0.380 e. The third-order valence-corrected chi connectivity index (χ3v) is 4.53. The summed E-state index contributed by atoms with van der Waals surface area (Å²) in [5.74, 6) is 1.20. The highest BCUT2D eigenvalue weighted by atomic mass is 16.5. The molecule has 0 amide bonds. The summed E-state index contributed by atoms with van der Waals surface area (Å²) < 4.78 is 11.6. The van der Waals surface area contributed by atoms with Crippen molar-refractivity contribution in [2.45, 2.75) is 73.1 Å². The molecule has 0 aromatic rings. The summed E-state index contributed by atoms with van der Waals surface area (Å²) in [6, 6.07) is 0.970. The highest BCUT2D eigenvalue weighted by Gasteiger charge is 2.49. The molecule has 0 aromatic heterocycles. The second-order valence-electron chi connectivity index (χ2n) is 7.50. The molecular formula is C17H35NO2. The van der Waals surface area contributed by atoms with E-state index < -0.39 is 0 Å². The molecule has 0 aliphatic heterocycles. The van der Waals surface area contributed by atoms with Crippen molar-refractivity contribution in [1.29, 1.82) is 0 Å². The molecule has 20 heavy (non-hydrogen) atoms. The molecule has 0 heterocycles. The normalized spacial score (nSPS) is 26.9. The SMILES string of the molecule is CCOCC(NC1CC(OCC(C)C)C1(C)C)C(C)C. The fourth-order valence-corrected chi connectivity index (χ4v) is 2.70. The summed E-state index contributed by atoms with van der Waals surface area (Å²) in [5.41, 5.74) is 0.217. The van der Waals surface area contributed by atoms with Crippen LogP contribution < -0.4 is 5.32 Å². The van der Waals surface area contributed by atoms with Crippen LogP contribution in [0, 0.1) is 17.3 Å². The van der Waals surface area contributed by atoms with Gasteiger partial charge in [0, 0.05) is 30.7 Å². The van der Waals surface area contributed by atoms with E-state index in [0.29, 0.717) is 30.0 Å². The maximum Gasteiger partial charge on any atom is 0.0656 e. The first-order valence-corrected chi connectivity index (χ1v) is 8.24. The largest absolute Gasteiger partial charge is 0.380 e. The van der Waals surface area contributed by atoms with Gasteiger partial charge in [-0.05, 0) is 25.2 Å². The van der Waals surface area contributed by atoms with Gasteiger partial charge in [0.15, 0.2) is 0 Å². The lowest BCUT2D eigenvalue weighted by Crippen LogP contribution is -2.64. The Morgan fingerprint density at radius 2 is 1.80 bits per heavy atom. The van der Waals surface area contributed by atoms with Gasteiger partial charge in [-0.1, -0.05) is 41.5 Å². The van der Waals surface area contributed by atoms with Crippen molar-refractivity contribution < 1.29 is 9.47 Å². The average Bonchev–Trinajstić information content (AvgIpc) is 2.35. The smallest absolute Gasteiger partial charge is 0.0656 e. The minimum atomic E-state index is 0.217. The Labute approximate surface area is 125 Å². The molecular weight excluding hydrogens is 250 g/mol. The molecule has 3 nitrogen and oxygen atoms in total. The Morgan fingerprint density at radius 1 is 1.15 bits per heavy atom. The van der Waals surface area contributed by atoms with E-state index in [4.69, 9.17) is 9.47 Å². The van der Waals surface area contributed by atoms with Crippen LogP contribution in [0.3, 0.4) is 0 Å². The molecule has 1 fully saturated rings. The van der Waals surface area contributed by atoms with Crippen molar-refractivity contribution in [2.24, 2.45) is 17.3 Å². The molecule has 0 saturated heterocycles. The van der Waals surface area contributed by atoms with E-state index in [-0.39, 0.29) is 5.41 Å². The van der Waals surface area contributed by atoms with E-state index in [1.54, 1.807) is 0 Å². The van der Waals surface area contributed by atoms with Crippen LogP contribution in [0.1, 0.15) is 54.9 Å². The summed E-state index contributed by atoms with van der Waals surface area (Å²) in [5, 5.41) is 3.79. The first-order valence-electron chi connectivity index (χ1n) is 8.24. The first-order chi connectivity index (χ1) is 9.28. The molecule has 1 aliphatic carbocycles. The topological polar surface area (TPSA) is 30.5 Å². The lowest BCUT2D eigenvalue weighted by Gasteiger charge is -2.53. The predicted molar refractivity (Wildman–Crippen MR) is 85.0 cm³/mol. The molecule has 0 bridgehead atoms. The lowest BCUT2D eigenvalue weighted by atomic mass is 9.64. The van der Waals surface area contributed by atoms with Crippen LogP contribution in [0.25, 0.3) is 0 Å². The lowest BCUT2D eigenvalue weighted by molar-refractivity contribution is -0.128. The Balaban J connectivity index is 2.44. The minimum absolute atomic E-state index is 0.217. The first kappa shape index (κ1) is 17.9. The maximum absolute atomic E-state index is 6.04. The van der Waals surface area contributed by atoms with Crippen molar-refractivity contribution >= 4 is 0 Å². The monoisotopic (exact) mass is 285 g/mol. The van der Waals surface area contributed by atoms with Gasteiger partial charge in [-0.2, -0.15) is 0 Å². The van der Waals surface area contributed by atoms with Crippen LogP contribution in [0.15, 0.2) is 0 Å². The van der Waals surface area contributed by atoms with Crippen LogP contribution in [-0.4, -0.2) is 38.0 Å². The van der Waals surface area contributed by atoms with Crippen molar-refractivity contribution in [2.75, 3.05) is 19.8 Å². The molecule has 0 radical (unpaired) electrons. The van der Waals surface area contributed by atoms with E-state index in [1.807, 2.05) is 0 Å². The molecule has 1 aliphatic rings. The molecule has 1 saturated carbocycles. The summed E-state index contributed by atoms with van der Waals surface area (Å²) in [6.45, 7) is 18.1. The van der Waals surface area contributed by atoms with Gasteiger partial charge in [-0.15, -0.1) is 0 Å². The summed E-state index contributed by atoms with van der Waals surface area (Å²) in [7, 11) is 0. The number of hydrogen-bond donors (Lipinski definition) is 1. The number of nitrogens with one attached hydrogen (secondary N) is 1. The fraction of sp³-hybridized carbons (Fsp3) is 1.00.